The summed E-state index contributed by atoms with van der Waals surface area (Å²) in [6.45, 7) is 5.14. The van der Waals surface area contributed by atoms with Crippen molar-refractivity contribution in [3.05, 3.63) is 35.6 Å². The minimum Gasteiger partial charge on any atom is -0.466 e. The van der Waals surface area contributed by atoms with E-state index in [2.05, 4.69) is 0 Å². The van der Waals surface area contributed by atoms with Crippen molar-refractivity contribution in [2.24, 2.45) is 5.92 Å². The van der Waals surface area contributed by atoms with Crippen LogP contribution in [0.2, 0.25) is 0 Å². The van der Waals surface area contributed by atoms with Crippen LogP contribution in [0.3, 0.4) is 0 Å². The van der Waals surface area contributed by atoms with Crippen LogP contribution in [0.4, 0.5) is 4.39 Å². The van der Waals surface area contributed by atoms with Gasteiger partial charge in [-0.2, -0.15) is 0 Å². The molecule has 0 saturated carbocycles. The largest absolute Gasteiger partial charge is 0.466 e. The minimum atomic E-state index is -0.195. The van der Waals surface area contributed by atoms with Gasteiger partial charge in [0.2, 0.25) is 0 Å². The van der Waals surface area contributed by atoms with Gasteiger partial charge in [0.15, 0.2) is 0 Å². The number of hydrogen-bond donors (Lipinski definition) is 1. The molecule has 3 nitrogen and oxygen atoms in total. The normalized spacial score (nSPS) is 23.1. The van der Waals surface area contributed by atoms with Crippen molar-refractivity contribution in [3.8, 4) is 0 Å². The van der Waals surface area contributed by atoms with Crippen LogP contribution in [-0.4, -0.2) is 25.7 Å². The smallest absolute Gasteiger partial charge is 0.309 e. The Hall–Kier alpha value is -1.42. The summed E-state index contributed by atoms with van der Waals surface area (Å²) in [5, 5.41) is 0. The Morgan fingerprint density at radius 3 is 2.53 bits per heavy atom. The second kappa shape index (κ2) is 6.66. The second-order valence-corrected chi connectivity index (χ2v) is 5.08. The first-order chi connectivity index (χ1) is 9.19. The van der Waals surface area contributed by atoms with Gasteiger partial charge in [-0.1, -0.05) is 12.1 Å². The number of carbonyl (C=O) groups excluding carboxylic acids is 1. The fourth-order valence-electron chi connectivity index (χ4n) is 2.59. The third kappa shape index (κ3) is 4.03. The first kappa shape index (κ1) is 14.0. The second-order valence-electron chi connectivity index (χ2n) is 5.08. The van der Waals surface area contributed by atoms with E-state index in [0.29, 0.717) is 6.61 Å². The number of likely N-dealkylation sites (tertiary alicyclic amines) is 1. The molecule has 1 aliphatic heterocycles. The Morgan fingerprint density at radius 2 is 1.95 bits per heavy atom. The summed E-state index contributed by atoms with van der Waals surface area (Å²) >= 11 is 0. The lowest BCUT2D eigenvalue weighted by Gasteiger charge is -2.28. The Morgan fingerprint density at radius 1 is 1.32 bits per heavy atom. The average Bonchev–Trinajstić information content (AvgIpc) is 2.42. The molecule has 0 unspecified atom stereocenters. The number of rotatable bonds is 4. The van der Waals surface area contributed by atoms with Crippen molar-refractivity contribution in [1.29, 1.82) is 0 Å². The average molecular weight is 266 g/mol. The molecule has 1 heterocycles. The number of ether oxygens (including phenoxy) is 1. The van der Waals surface area contributed by atoms with E-state index in [1.165, 1.54) is 17.0 Å². The van der Waals surface area contributed by atoms with Gasteiger partial charge in [-0.25, -0.2) is 4.39 Å². The summed E-state index contributed by atoms with van der Waals surface area (Å²) in [6.07, 6.45) is 1.77. The molecule has 0 aliphatic carbocycles. The highest BCUT2D eigenvalue weighted by molar-refractivity contribution is 5.72. The van der Waals surface area contributed by atoms with Gasteiger partial charge in [0.1, 0.15) is 12.4 Å². The van der Waals surface area contributed by atoms with Gasteiger partial charge in [-0.3, -0.25) is 4.79 Å². The Kier molecular flexibility index (Phi) is 4.91. The lowest BCUT2D eigenvalue weighted by molar-refractivity contribution is -0.919. The topological polar surface area (TPSA) is 30.7 Å². The van der Waals surface area contributed by atoms with Crippen LogP contribution in [0, 0.1) is 11.7 Å². The Labute approximate surface area is 113 Å². The lowest BCUT2D eigenvalue weighted by Crippen LogP contribution is -3.11. The molecular weight excluding hydrogens is 245 g/mol. The minimum absolute atomic E-state index is 0.0525. The summed E-state index contributed by atoms with van der Waals surface area (Å²) in [5.74, 6) is -0.181. The predicted molar refractivity (Wildman–Crippen MR) is 70.2 cm³/mol. The number of carbonyl (C=O) groups is 1. The van der Waals surface area contributed by atoms with Gasteiger partial charge in [0, 0.05) is 18.4 Å². The Balaban J connectivity index is 1.80. The van der Waals surface area contributed by atoms with Crippen LogP contribution >= 0.6 is 0 Å². The first-order valence-corrected chi connectivity index (χ1v) is 6.93. The molecule has 4 heteroatoms. The van der Waals surface area contributed by atoms with Gasteiger partial charge in [-0.15, -0.1) is 0 Å². The van der Waals surface area contributed by atoms with Crippen molar-refractivity contribution in [2.45, 2.75) is 26.3 Å². The molecule has 0 aromatic heterocycles. The fourth-order valence-corrected chi connectivity index (χ4v) is 2.59. The zero-order chi connectivity index (χ0) is 13.7. The summed E-state index contributed by atoms with van der Waals surface area (Å²) in [7, 11) is 0. The number of nitrogens with one attached hydrogen (secondary N) is 1. The number of hydrogen-bond acceptors (Lipinski definition) is 2. The van der Waals surface area contributed by atoms with Crippen molar-refractivity contribution in [2.75, 3.05) is 19.7 Å². The fraction of sp³-hybridized carbons (Fsp3) is 0.533. The van der Waals surface area contributed by atoms with Gasteiger partial charge in [0.05, 0.1) is 25.6 Å². The summed E-state index contributed by atoms with van der Waals surface area (Å²) in [6, 6.07) is 6.67. The molecule has 0 bridgehead atoms. The molecule has 104 valence electrons. The summed E-state index contributed by atoms with van der Waals surface area (Å²) in [5.41, 5.74) is 1.14. The number of halogens is 1. The lowest BCUT2D eigenvalue weighted by atomic mass is 9.96. The molecule has 0 spiro atoms. The zero-order valence-corrected chi connectivity index (χ0v) is 11.3. The highest BCUT2D eigenvalue weighted by Gasteiger charge is 2.28. The maximum absolute atomic E-state index is 12.8. The number of piperidine rings is 1. The number of esters is 1. The van der Waals surface area contributed by atoms with Gasteiger partial charge in [-0.05, 0) is 19.1 Å². The van der Waals surface area contributed by atoms with Crippen molar-refractivity contribution < 1.29 is 18.8 Å². The number of benzene rings is 1. The molecule has 2 rings (SSSR count). The molecule has 1 aliphatic rings. The Bertz CT molecular complexity index is 411. The molecule has 0 atom stereocenters. The van der Waals surface area contributed by atoms with Crippen LogP contribution in [-0.2, 0) is 16.1 Å². The third-order valence-corrected chi connectivity index (χ3v) is 3.68. The van der Waals surface area contributed by atoms with Gasteiger partial charge < -0.3 is 9.64 Å². The van der Waals surface area contributed by atoms with Crippen molar-refractivity contribution >= 4 is 5.97 Å². The number of quaternary nitrogens is 1. The summed E-state index contributed by atoms with van der Waals surface area (Å²) < 4.78 is 17.9. The van der Waals surface area contributed by atoms with E-state index in [4.69, 9.17) is 4.74 Å². The summed E-state index contributed by atoms with van der Waals surface area (Å²) in [4.78, 5) is 13.1. The van der Waals surface area contributed by atoms with E-state index in [0.717, 1.165) is 38.0 Å². The quantitative estimate of drug-likeness (QED) is 0.830. The van der Waals surface area contributed by atoms with Gasteiger partial charge in [0.25, 0.3) is 0 Å². The SMILES string of the molecule is CCOC(=O)C1CC[NH+](Cc2ccc(F)cc2)CC1. The van der Waals surface area contributed by atoms with Crippen molar-refractivity contribution in [3.63, 3.8) is 0 Å². The molecule has 1 N–H and O–H groups in total. The monoisotopic (exact) mass is 266 g/mol. The van der Waals surface area contributed by atoms with E-state index in [1.807, 2.05) is 19.1 Å². The van der Waals surface area contributed by atoms with Crippen LogP contribution in [0.1, 0.15) is 25.3 Å². The van der Waals surface area contributed by atoms with Crippen molar-refractivity contribution in [1.82, 2.24) is 0 Å². The van der Waals surface area contributed by atoms with Crippen LogP contribution in [0.15, 0.2) is 24.3 Å². The predicted octanol–water partition coefficient (Wildman–Crippen LogP) is 1.18. The van der Waals surface area contributed by atoms with E-state index in [9.17, 15) is 9.18 Å². The van der Waals surface area contributed by atoms with E-state index in [-0.39, 0.29) is 17.7 Å². The van der Waals surface area contributed by atoms with E-state index >= 15 is 0 Å². The molecular formula is C15H21FNO2+. The molecule has 0 radical (unpaired) electrons. The standard InChI is InChI=1S/C15H20FNO2/c1-2-19-15(18)13-7-9-17(10-8-13)11-12-3-5-14(16)6-4-12/h3-6,13H,2,7-11H2,1H3/p+1. The first-order valence-electron chi connectivity index (χ1n) is 6.93. The van der Waals surface area contributed by atoms with Crippen LogP contribution < -0.4 is 4.90 Å². The molecule has 0 amide bonds. The van der Waals surface area contributed by atoms with Gasteiger partial charge >= 0.3 is 5.97 Å². The van der Waals surface area contributed by atoms with Crippen LogP contribution in [0.25, 0.3) is 0 Å². The van der Waals surface area contributed by atoms with Crippen LogP contribution in [0.5, 0.6) is 0 Å². The highest BCUT2D eigenvalue weighted by Crippen LogP contribution is 2.12. The molecule has 19 heavy (non-hydrogen) atoms. The highest BCUT2D eigenvalue weighted by atomic mass is 19.1. The molecule has 1 aromatic carbocycles. The molecule has 1 aromatic rings. The molecule has 1 saturated heterocycles. The zero-order valence-electron chi connectivity index (χ0n) is 11.3. The third-order valence-electron chi connectivity index (χ3n) is 3.68. The van der Waals surface area contributed by atoms with E-state index in [1.54, 1.807) is 0 Å². The maximum Gasteiger partial charge on any atom is 0.309 e. The maximum atomic E-state index is 12.8. The van der Waals surface area contributed by atoms with E-state index < -0.39 is 0 Å². The molecule has 1 fully saturated rings.